The van der Waals surface area contributed by atoms with Gasteiger partial charge in [-0.05, 0) is 49.4 Å². The van der Waals surface area contributed by atoms with Crippen LogP contribution in [0.25, 0.3) is 0 Å². The van der Waals surface area contributed by atoms with E-state index in [0.29, 0.717) is 38.2 Å². The predicted octanol–water partition coefficient (Wildman–Crippen LogP) is 2.56. The van der Waals surface area contributed by atoms with Crippen molar-refractivity contribution in [2.24, 2.45) is 5.92 Å². The molecule has 5 rings (SSSR count). The van der Waals surface area contributed by atoms with Crippen LogP contribution in [0.5, 0.6) is 0 Å². The summed E-state index contributed by atoms with van der Waals surface area (Å²) < 4.78 is 45.7. The van der Waals surface area contributed by atoms with E-state index in [1.807, 2.05) is 30.3 Å². The van der Waals surface area contributed by atoms with Crippen molar-refractivity contribution in [2.45, 2.75) is 81.0 Å². The predicted molar refractivity (Wildman–Crippen MR) is 168 cm³/mol. The lowest BCUT2D eigenvalue weighted by Crippen LogP contribution is -2.51. The van der Waals surface area contributed by atoms with Crippen molar-refractivity contribution in [1.29, 1.82) is 0 Å². The Morgan fingerprint density at radius 2 is 1.83 bits per heavy atom. The minimum Gasteiger partial charge on any atom is -0.443 e. The Morgan fingerprint density at radius 1 is 1.04 bits per heavy atom. The molecule has 252 valence electrons. The Labute approximate surface area is 269 Å². The van der Waals surface area contributed by atoms with Crippen LogP contribution in [-0.2, 0) is 40.3 Å². The first-order valence-corrected chi connectivity index (χ1v) is 17.3. The van der Waals surface area contributed by atoms with Gasteiger partial charge < -0.3 is 35.3 Å². The van der Waals surface area contributed by atoms with Crippen molar-refractivity contribution in [3.63, 3.8) is 0 Å². The highest BCUT2D eigenvalue weighted by molar-refractivity contribution is 7.89. The molecule has 0 radical (unpaired) electrons. The van der Waals surface area contributed by atoms with Crippen LogP contribution >= 0.6 is 0 Å². The summed E-state index contributed by atoms with van der Waals surface area (Å²) in [5.74, 6) is -0.214. The highest BCUT2D eigenvalue weighted by atomic mass is 32.2. The first kappa shape index (κ1) is 34.1. The monoisotopic (exact) mass is 660 g/mol. The molecule has 3 fully saturated rings. The van der Waals surface area contributed by atoms with Gasteiger partial charge in [-0.25, -0.2) is 13.2 Å². The first-order chi connectivity index (χ1) is 22.2. The number of ether oxygens (including phenoxy) is 3. The molecule has 1 saturated carbocycles. The Bertz CT molecular complexity index is 1410. The second kappa shape index (κ2) is 16.0. The second-order valence-corrected chi connectivity index (χ2v) is 13.7. The molecule has 0 aromatic heterocycles. The third-order valence-corrected chi connectivity index (χ3v) is 10.1. The van der Waals surface area contributed by atoms with Gasteiger partial charge in [-0.1, -0.05) is 53.7 Å². The maximum absolute atomic E-state index is 14.0. The van der Waals surface area contributed by atoms with Crippen molar-refractivity contribution in [2.75, 3.05) is 38.2 Å². The van der Waals surface area contributed by atoms with Crippen LogP contribution < -0.4 is 16.0 Å². The number of fused-ring (bicyclic) bond motifs is 1. The summed E-state index contributed by atoms with van der Waals surface area (Å²) in [4.78, 5) is 30.3. The van der Waals surface area contributed by atoms with Crippen molar-refractivity contribution in [3.8, 4) is 0 Å². The second-order valence-electron chi connectivity index (χ2n) is 11.9. The third-order valence-electron chi connectivity index (χ3n) is 8.44. The number of benzene rings is 2. The molecule has 13 nitrogen and oxygen atoms in total. The molecule has 46 heavy (non-hydrogen) atoms. The maximum atomic E-state index is 14.0. The van der Waals surface area contributed by atoms with Crippen LogP contribution in [-0.4, -0.2) is 93.5 Å². The fourth-order valence-corrected chi connectivity index (χ4v) is 7.33. The number of hydroxylamine groups is 1. The first-order valence-electron chi connectivity index (χ1n) is 15.9. The minimum atomic E-state index is -4.25. The summed E-state index contributed by atoms with van der Waals surface area (Å²) in [7, 11) is -4.25. The van der Waals surface area contributed by atoms with Gasteiger partial charge >= 0.3 is 6.09 Å². The lowest BCUT2D eigenvalue weighted by molar-refractivity contribution is -0.145. The molecule has 2 aliphatic heterocycles. The zero-order valence-corrected chi connectivity index (χ0v) is 26.8. The van der Waals surface area contributed by atoms with Gasteiger partial charge in [-0.3, -0.25) is 9.63 Å². The van der Waals surface area contributed by atoms with Crippen LogP contribution in [0.1, 0.15) is 44.6 Å². The molecule has 3 aliphatic rings. The van der Waals surface area contributed by atoms with E-state index in [-0.39, 0.29) is 42.1 Å². The lowest BCUT2D eigenvalue weighted by Gasteiger charge is -2.31. The van der Waals surface area contributed by atoms with Crippen molar-refractivity contribution in [1.82, 2.24) is 15.1 Å². The largest absolute Gasteiger partial charge is 0.443 e. The molecule has 2 aromatic rings. The van der Waals surface area contributed by atoms with Crippen LogP contribution in [0.15, 0.2) is 59.5 Å². The van der Waals surface area contributed by atoms with Crippen LogP contribution in [0.3, 0.4) is 0 Å². The number of anilines is 1. The summed E-state index contributed by atoms with van der Waals surface area (Å²) in [6.07, 6.45) is 0.873. The molecule has 0 bridgehead atoms. The van der Waals surface area contributed by atoms with Crippen LogP contribution in [0.2, 0.25) is 0 Å². The van der Waals surface area contributed by atoms with Gasteiger partial charge in [0.1, 0.15) is 6.10 Å². The molecular weight excluding hydrogens is 616 g/mol. The zero-order valence-electron chi connectivity index (χ0n) is 26.0. The highest BCUT2D eigenvalue weighted by Crippen LogP contribution is 2.33. The quantitative estimate of drug-likeness (QED) is 0.165. The van der Waals surface area contributed by atoms with Gasteiger partial charge in [0.15, 0.2) is 6.29 Å². The van der Waals surface area contributed by atoms with Crippen LogP contribution in [0.4, 0.5) is 10.5 Å². The lowest BCUT2D eigenvalue weighted by atomic mass is 10.0. The average Bonchev–Trinajstić information content (AvgIpc) is 3.80. The smallest absolute Gasteiger partial charge is 0.407 e. The highest BCUT2D eigenvalue weighted by Gasteiger charge is 2.44. The van der Waals surface area contributed by atoms with E-state index in [4.69, 9.17) is 19.0 Å². The summed E-state index contributed by atoms with van der Waals surface area (Å²) in [5.41, 5.74) is 1.38. The van der Waals surface area contributed by atoms with E-state index < -0.39 is 40.9 Å². The van der Waals surface area contributed by atoms with E-state index in [2.05, 4.69) is 16.0 Å². The molecule has 5 atom stereocenters. The Morgan fingerprint density at radius 3 is 2.59 bits per heavy atom. The molecule has 2 amide bonds. The van der Waals surface area contributed by atoms with E-state index in [1.54, 1.807) is 12.1 Å². The van der Waals surface area contributed by atoms with E-state index >= 15 is 0 Å². The van der Waals surface area contributed by atoms with E-state index in [9.17, 15) is 23.1 Å². The molecule has 0 spiro atoms. The minimum absolute atomic E-state index is 0.0243. The van der Waals surface area contributed by atoms with Crippen LogP contribution in [0, 0.1) is 5.92 Å². The van der Waals surface area contributed by atoms with Gasteiger partial charge in [0.05, 0.1) is 48.8 Å². The number of rotatable bonds is 15. The van der Waals surface area contributed by atoms with Gasteiger partial charge in [0.25, 0.3) is 10.0 Å². The summed E-state index contributed by atoms with van der Waals surface area (Å²) >= 11 is 0. The molecule has 2 heterocycles. The number of carbonyl (C=O) groups is 2. The number of sulfonamides is 1. The van der Waals surface area contributed by atoms with Crippen molar-refractivity contribution in [3.05, 3.63) is 60.2 Å². The van der Waals surface area contributed by atoms with Gasteiger partial charge in [0.2, 0.25) is 5.91 Å². The molecule has 0 unspecified atom stereocenters. The average molecular weight is 661 g/mol. The molecular formula is C32H44N4O9S. The van der Waals surface area contributed by atoms with E-state index in [0.717, 1.165) is 29.3 Å². The fraction of sp³-hybridized carbons (Fsp3) is 0.562. The molecule has 2 aromatic carbocycles. The number of nitrogens with zero attached hydrogens (tertiary/aromatic N) is 1. The Kier molecular flexibility index (Phi) is 11.9. The standard InChI is InChI=1S/C32H44N4O9S/c1-22(37)33-15-16-34-24-10-7-13-26(19-24)46(40,41)36(45-25-11-5-6-12-25)20-29(38)28(18-23-8-3-2-4-9-23)35-32(39)44-30-21-43-31-27(30)14-17-42-31/h2-4,7-10,13,19,25,27-31,34,38H,5-6,11-12,14-18,20-21H2,1H3,(H,33,37)(H,35,39)/t27-,28+,29-,30-,31+/m1/s1. The number of aliphatic hydroxyl groups is 1. The number of hydrogen-bond acceptors (Lipinski definition) is 10. The Hall–Kier alpha value is -3.27. The van der Waals surface area contributed by atoms with Crippen molar-refractivity contribution >= 4 is 27.7 Å². The molecule has 2 saturated heterocycles. The number of hydrogen-bond donors (Lipinski definition) is 4. The Balaban J connectivity index is 1.32. The fourth-order valence-electron chi connectivity index (χ4n) is 5.99. The van der Waals surface area contributed by atoms with Gasteiger partial charge in [0, 0.05) is 25.7 Å². The summed E-state index contributed by atoms with van der Waals surface area (Å²) in [6, 6.07) is 14.7. The number of aliphatic hydroxyl groups excluding tert-OH is 1. The number of carbonyl (C=O) groups excluding carboxylic acids is 2. The summed E-state index contributed by atoms with van der Waals surface area (Å²) in [5, 5.41) is 20.2. The number of amides is 2. The number of alkyl carbamates (subject to hydrolysis) is 1. The topological polar surface area (TPSA) is 165 Å². The number of nitrogens with one attached hydrogen (secondary N) is 3. The zero-order chi connectivity index (χ0) is 32.5. The SMILES string of the molecule is CC(=O)NCCNc1cccc(S(=O)(=O)N(C[C@@H](O)[C@H](Cc2ccccc2)NC(=O)O[C@@H]2CO[C@@H]3OCC[C@@H]32)OC2CCCC2)c1. The maximum Gasteiger partial charge on any atom is 0.407 e. The van der Waals surface area contributed by atoms with E-state index in [1.165, 1.54) is 19.1 Å². The summed E-state index contributed by atoms with van der Waals surface area (Å²) in [6.45, 7) is 2.52. The van der Waals surface area contributed by atoms with Gasteiger partial charge in [-0.2, -0.15) is 0 Å². The van der Waals surface area contributed by atoms with Gasteiger partial charge in [-0.15, -0.1) is 0 Å². The molecule has 1 aliphatic carbocycles. The molecule has 14 heteroatoms. The van der Waals surface area contributed by atoms with Crippen molar-refractivity contribution < 1.29 is 42.2 Å². The normalized spacial score (nSPS) is 22.7. The molecule has 4 N–H and O–H groups in total. The third kappa shape index (κ3) is 9.17.